The van der Waals surface area contributed by atoms with Crippen molar-refractivity contribution in [3.63, 3.8) is 0 Å². The van der Waals surface area contributed by atoms with Gasteiger partial charge in [-0.05, 0) is 36.7 Å². The Balaban J connectivity index is 1.94. The van der Waals surface area contributed by atoms with Gasteiger partial charge in [-0.25, -0.2) is 0 Å². The van der Waals surface area contributed by atoms with Gasteiger partial charge in [-0.15, -0.1) is 0 Å². The van der Waals surface area contributed by atoms with E-state index in [0.29, 0.717) is 13.0 Å². The van der Waals surface area contributed by atoms with Crippen LogP contribution in [-0.4, -0.2) is 18.8 Å². The first kappa shape index (κ1) is 14.6. The van der Waals surface area contributed by atoms with Crippen molar-refractivity contribution in [2.24, 2.45) is 0 Å². The summed E-state index contributed by atoms with van der Waals surface area (Å²) in [6.45, 7) is 0.754. The van der Waals surface area contributed by atoms with Gasteiger partial charge in [0.05, 0.1) is 0 Å². The number of hydrogen-bond acceptors (Lipinski definition) is 3. The van der Waals surface area contributed by atoms with Crippen LogP contribution in [0.25, 0.3) is 0 Å². The minimum Gasteiger partial charge on any atom is -0.489 e. The molecule has 1 atom stereocenters. The molecule has 2 aromatic carbocycles. The highest BCUT2D eigenvalue weighted by atomic mass is 16.5. The largest absolute Gasteiger partial charge is 0.489 e. The van der Waals surface area contributed by atoms with Crippen molar-refractivity contribution in [2.75, 3.05) is 13.7 Å². The van der Waals surface area contributed by atoms with Crippen LogP contribution in [0.5, 0.6) is 5.75 Å². The molecule has 0 aliphatic rings. The fourth-order valence-electron chi connectivity index (χ4n) is 2.14. The first-order valence-electron chi connectivity index (χ1n) is 6.88. The molecular formula is C17H21NO2. The molecule has 0 heterocycles. The maximum absolute atomic E-state index is 9.03. The minimum atomic E-state index is 0.178. The average molecular weight is 271 g/mol. The average Bonchev–Trinajstić information content (AvgIpc) is 2.52. The third-order valence-electron chi connectivity index (χ3n) is 3.30. The highest BCUT2D eigenvalue weighted by molar-refractivity contribution is 5.29. The molecule has 3 nitrogen and oxygen atoms in total. The highest BCUT2D eigenvalue weighted by Gasteiger charge is 2.08. The fourth-order valence-corrected chi connectivity index (χ4v) is 2.14. The van der Waals surface area contributed by atoms with Crippen molar-refractivity contribution in [1.29, 1.82) is 0 Å². The molecule has 0 fully saturated rings. The second-order valence-electron chi connectivity index (χ2n) is 4.70. The topological polar surface area (TPSA) is 41.5 Å². The number of benzene rings is 2. The molecular weight excluding hydrogens is 250 g/mol. The molecule has 0 aromatic heterocycles. The molecule has 106 valence electrons. The third kappa shape index (κ3) is 4.08. The van der Waals surface area contributed by atoms with Crippen LogP contribution in [0.4, 0.5) is 0 Å². The molecule has 0 aliphatic carbocycles. The van der Waals surface area contributed by atoms with Gasteiger partial charge in [0.2, 0.25) is 0 Å². The molecule has 0 spiro atoms. The van der Waals surface area contributed by atoms with E-state index >= 15 is 0 Å². The molecule has 0 bridgehead atoms. The Bertz CT molecular complexity index is 496. The summed E-state index contributed by atoms with van der Waals surface area (Å²) in [7, 11) is 1.90. The summed E-state index contributed by atoms with van der Waals surface area (Å²) < 4.78 is 5.75. The van der Waals surface area contributed by atoms with Crippen molar-refractivity contribution in [2.45, 2.75) is 19.1 Å². The highest BCUT2D eigenvalue weighted by Crippen LogP contribution is 2.20. The molecule has 20 heavy (non-hydrogen) atoms. The third-order valence-corrected chi connectivity index (χ3v) is 3.30. The predicted molar refractivity (Wildman–Crippen MR) is 80.7 cm³/mol. The number of nitrogens with one attached hydrogen (secondary N) is 1. The van der Waals surface area contributed by atoms with E-state index in [2.05, 4.69) is 5.32 Å². The lowest BCUT2D eigenvalue weighted by Gasteiger charge is -2.15. The van der Waals surface area contributed by atoms with Crippen molar-refractivity contribution >= 4 is 0 Å². The molecule has 3 heteroatoms. The Labute approximate surface area is 120 Å². The van der Waals surface area contributed by atoms with Gasteiger partial charge in [-0.1, -0.05) is 42.5 Å². The van der Waals surface area contributed by atoms with Crippen molar-refractivity contribution in [1.82, 2.24) is 5.32 Å². The number of aliphatic hydroxyl groups excluding tert-OH is 1. The second kappa shape index (κ2) is 7.68. The number of rotatable bonds is 7. The quantitative estimate of drug-likeness (QED) is 0.813. The number of ether oxygens (including phenoxy) is 1. The van der Waals surface area contributed by atoms with Crippen molar-refractivity contribution < 1.29 is 9.84 Å². The Kier molecular flexibility index (Phi) is 5.59. The van der Waals surface area contributed by atoms with Crippen molar-refractivity contribution in [3.8, 4) is 5.75 Å². The second-order valence-corrected chi connectivity index (χ2v) is 4.70. The summed E-state index contributed by atoms with van der Waals surface area (Å²) in [5.41, 5.74) is 2.32. The van der Waals surface area contributed by atoms with Gasteiger partial charge < -0.3 is 15.2 Å². The van der Waals surface area contributed by atoms with Gasteiger partial charge in [0, 0.05) is 12.6 Å². The molecule has 2 rings (SSSR count). The van der Waals surface area contributed by atoms with Gasteiger partial charge in [0.15, 0.2) is 0 Å². The molecule has 2 aromatic rings. The van der Waals surface area contributed by atoms with Gasteiger partial charge in [0.1, 0.15) is 12.4 Å². The molecule has 0 saturated carbocycles. The van der Waals surface area contributed by atoms with E-state index in [-0.39, 0.29) is 12.6 Å². The standard InChI is InChI=1S/C17H21NO2/c1-18-17(11-12-19)15-7-9-16(10-8-15)20-13-14-5-3-2-4-6-14/h2-10,17-19H,11-13H2,1H3. The summed E-state index contributed by atoms with van der Waals surface area (Å²) in [6.07, 6.45) is 0.709. The van der Waals surface area contributed by atoms with E-state index in [0.717, 1.165) is 16.9 Å². The molecule has 0 amide bonds. The zero-order valence-corrected chi connectivity index (χ0v) is 11.8. The molecule has 1 unspecified atom stereocenters. The normalized spacial score (nSPS) is 12.1. The number of hydrogen-bond donors (Lipinski definition) is 2. The SMILES string of the molecule is CNC(CCO)c1ccc(OCc2ccccc2)cc1. The smallest absolute Gasteiger partial charge is 0.119 e. The first-order valence-corrected chi connectivity index (χ1v) is 6.88. The van der Waals surface area contributed by atoms with Gasteiger partial charge >= 0.3 is 0 Å². The molecule has 0 aliphatic heterocycles. The van der Waals surface area contributed by atoms with Crippen LogP contribution in [0.1, 0.15) is 23.6 Å². The maximum Gasteiger partial charge on any atom is 0.119 e. The Morgan fingerprint density at radius 3 is 2.35 bits per heavy atom. The van der Waals surface area contributed by atoms with Crippen LogP contribution in [0.15, 0.2) is 54.6 Å². The van der Waals surface area contributed by atoms with E-state index in [1.54, 1.807) is 0 Å². The van der Waals surface area contributed by atoms with Gasteiger partial charge in [0.25, 0.3) is 0 Å². The van der Waals surface area contributed by atoms with Crippen LogP contribution in [0.3, 0.4) is 0 Å². The van der Waals surface area contributed by atoms with E-state index in [1.165, 1.54) is 0 Å². The van der Waals surface area contributed by atoms with E-state index < -0.39 is 0 Å². The molecule has 0 radical (unpaired) electrons. The Hall–Kier alpha value is -1.84. The van der Waals surface area contributed by atoms with Crippen LogP contribution < -0.4 is 10.1 Å². The summed E-state index contributed by atoms with van der Waals surface area (Å²) in [6, 6.07) is 18.3. The number of aliphatic hydroxyl groups is 1. The lowest BCUT2D eigenvalue weighted by atomic mass is 10.0. The summed E-state index contributed by atoms with van der Waals surface area (Å²) in [5, 5.41) is 12.2. The van der Waals surface area contributed by atoms with Crippen LogP contribution in [0.2, 0.25) is 0 Å². The first-order chi connectivity index (χ1) is 9.83. The Morgan fingerprint density at radius 1 is 1.05 bits per heavy atom. The van der Waals surface area contributed by atoms with E-state index in [9.17, 15) is 0 Å². The monoisotopic (exact) mass is 271 g/mol. The van der Waals surface area contributed by atoms with E-state index in [4.69, 9.17) is 9.84 Å². The lowest BCUT2D eigenvalue weighted by Crippen LogP contribution is -2.17. The van der Waals surface area contributed by atoms with Crippen LogP contribution in [-0.2, 0) is 6.61 Å². The lowest BCUT2D eigenvalue weighted by molar-refractivity contribution is 0.268. The van der Waals surface area contributed by atoms with Gasteiger partial charge in [-0.3, -0.25) is 0 Å². The van der Waals surface area contributed by atoms with Crippen molar-refractivity contribution in [3.05, 3.63) is 65.7 Å². The van der Waals surface area contributed by atoms with Gasteiger partial charge in [-0.2, -0.15) is 0 Å². The fraction of sp³-hybridized carbons (Fsp3) is 0.294. The summed E-state index contributed by atoms with van der Waals surface area (Å²) in [5.74, 6) is 0.858. The van der Waals surface area contributed by atoms with Crippen LogP contribution in [0, 0.1) is 0 Å². The molecule has 2 N–H and O–H groups in total. The summed E-state index contributed by atoms with van der Waals surface area (Å²) in [4.78, 5) is 0. The summed E-state index contributed by atoms with van der Waals surface area (Å²) >= 11 is 0. The predicted octanol–water partition coefficient (Wildman–Crippen LogP) is 2.91. The van der Waals surface area contributed by atoms with E-state index in [1.807, 2.05) is 61.6 Å². The Morgan fingerprint density at radius 2 is 1.75 bits per heavy atom. The zero-order chi connectivity index (χ0) is 14.2. The maximum atomic E-state index is 9.03. The molecule has 0 saturated heterocycles. The minimum absolute atomic E-state index is 0.178. The zero-order valence-electron chi connectivity index (χ0n) is 11.8. The van der Waals surface area contributed by atoms with Crippen LogP contribution >= 0.6 is 0 Å².